The largest absolute Gasteiger partial charge is 0.375 e. The van der Waals surface area contributed by atoms with Gasteiger partial charge in [0.1, 0.15) is 0 Å². The van der Waals surface area contributed by atoms with Gasteiger partial charge in [-0.25, -0.2) is 4.98 Å². The number of ether oxygens (including phenoxy) is 1. The zero-order valence-corrected chi connectivity index (χ0v) is 16.9. The minimum Gasteiger partial charge on any atom is -0.375 e. The van der Waals surface area contributed by atoms with Crippen LogP contribution in [0.2, 0.25) is 0 Å². The number of rotatable bonds is 4. The van der Waals surface area contributed by atoms with Crippen molar-refractivity contribution in [3.63, 3.8) is 0 Å². The van der Waals surface area contributed by atoms with Crippen LogP contribution >= 0.6 is 11.3 Å². The number of nitrogens with two attached hydrogens (primary N) is 1. The van der Waals surface area contributed by atoms with Gasteiger partial charge in [-0.1, -0.05) is 11.3 Å². The molecule has 3 atom stereocenters. The number of hydrogen-bond acceptors (Lipinski definition) is 7. The molecular weight excluding hydrogens is 378 g/mol. The van der Waals surface area contributed by atoms with Crippen molar-refractivity contribution in [2.45, 2.75) is 31.0 Å². The third kappa shape index (κ3) is 3.96. The van der Waals surface area contributed by atoms with Crippen molar-refractivity contribution < 1.29 is 14.3 Å². The Balaban J connectivity index is 1.35. The molecule has 2 fully saturated rings. The molecule has 2 amide bonds. The van der Waals surface area contributed by atoms with Crippen molar-refractivity contribution in [1.82, 2.24) is 20.1 Å². The predicted octanol–water partition coefficient (Wildman–Crippen LogP) is 0.928. The molecule has 3 heterocycles. The van der Waals surface area contributed by atoms with Crippen LogP contribution < -0.4 is 11.1 Å². The predicted molar refractivity (Wildman–Crippen MR) is 108 cm³/mol. The maximum atomic E-state index is 12.7. The molecule has 2 aromatic rings. The van der Waals surface area contributed by atoms with Gasteiger partial charge in [-0.2, -0.15) is 0 Å². The highest BCUT2D eigenvalue weighted by atomic mass is 32.1. The summed E-state index contributed by atoms with van der Waals surface area (Å²) in [5, 5.41) is 3.63. The number of amides is 2. The molecule has 150 valence electrons. The molecule has 3 N–H and O–H groups in total. The first kappa shape index (κ1) is 19.1. The SMILES string of the molecule is CN(C)C(=O)C[C@H]1CN2C[C@@H](NC(=O)c3ccc4sc(N)nc4c3)C[C@H]2CO1. The Kier molecular flexibility index (Phi) is 5.22. The standard InChI is InChI=1S/C19H25N5O3S/c1-23(2)17(25)7-14-9-24-8-12(6-13(24)10-27-14)21-18(26)11-3-4-16-15(5-11)22-19(20)28-16/h3-5,12-14H,6-10H2,1-2H3,(H2,20,22)(H,21,26)/t12-,13-,14-/m0/s1. The molecular formula is C19H25N5O3S. The van der Waals surface area contributed by atoms with Crippen LogP contribution in [0.5, 0.6) is 0 Å². The van der Waals surface area contributed by atoms with E-state index in [0.717, 1.165) is 29.7 Å². The Labute approximate surface area is 167 Å². The average Bonchev–Trinajstić information content (AvgIpc) is 3.21. The Hall–Kier alpha value is -2.23. The summed E-state index contributed by atoms with van der Waals surface area (Å²) < 4.78 is 6.85. The smallest absolute Gasteiger partial charge is 0.251 e. The van der Waals surface area contributed by atoms with Gasteiger partial charge in [0, 0.05) is 44.8 Å². The van der Waals surface area contributed by atoms with Crippen molar-refractivity contribution in [1.29, 1.82) is 0 Å². The zero-order chi connectivity index (χ0) is 19.8. The molecule has 8 nitrogen and oxygen atoms in total. The van der Waals surface area contributed by atoms with E-state index in [4.69, 9.17) is 10.5 Å². The number of fused-ring (bicyclic) bond motifs is 2. The van der Waals surface area contributed by atoms with Gasteiger partial charge in [0.2, 0.25) is 5.91 Å². The average molecular weight is 404 g/mol. The van der Waals surface area contributed by atoms with Gasteiger partial charge >= 0.3 is 0 Å². The van der Waals surface area contributed by atoms with E-state index in [1.807, 2.05) is 12.1 Å². The highest BCUT2D eigenvalue weighted by Crippen LogP contribution is 2.26. The van der Waals surface area contributed by atoms with E-state index in [1.165, 1.54) is 11.3 Å². The molecule has 2 aliphatic heterocycles. The molecule has 0 unspecified atom stereocenters. The molecule has 1 aromatic carbocycles. The molecule has 0 spiro atoms. The van der Waals surface area contributed by atoms with Gasteiger partial charge in [-0.15, -0.1) is 0 Å². The molecule has 28 heavy (non-hydrogen) atoms. The number of thiazole rings is 1. The van der Waals surface area contributed by atoms with Crippen LogP contribution in [-0.4, -0.2) is 78.6 Å². The van der Waals surface area contributed by atoms with Gasteiger partial charge in [-0.3, -0.25) is 14.5 Å². The number of carbonyl (C=O) groups excluding carboxylic acids is 2. The molecule has 1 aromatic heterocycles. The summed E-state index contributed by atoms with van der Waals surface area (Å²) in [5.74, 6) is -0.0239. The lowest BCUT2D eigenvalue weighted by atomic mass is 10.1. The molecule has 0 aliphatic carbocycles. The van der Waals surface area contributed by atoms with E-state index in [9.17, 15) is 9.59 Å². The van der Waals surface area contributed by atoms with Crippen LogP contribution in [0.1, 0.15) is 23.2 Å². The van der Waals surface area contributed by atoms with Crippen molar-refractivity contribution in [3.8, 4) is 0 Å². The van der Waals surface area contributed by atoms with Crippen LogP contribution in [0.3, 0.4) is 0 Å². The number of aromatic nitrogens is 1. The van der Waals surface area contributed by atoms with Gasteiger partial charge in [0.15, 0.2) is 5.13 Å². The van der Waals surface area contributed by atoms with Crippen LogP contribution in [-0.2, 0) is 9.53 Å². The molecule has 9 heteroatoms. The summed E-state index contributed by atoms with van der Waals surface area (Å²) >= 11 is 1.41. The van der Waals surface area contributed by atoms with Crippen LogP contribution in [0, 0.1) is 0 Å². The lowest BCUT2D eigenvalue weighted by molar-refractivity contribution is -0.134. The lowest BCUT2D eigenvalue weighted by Gasteiger charge is -2.35. The van der Waals surface area contributed by atoms with E-state index >= 15 is 0 Å². The second-order valence-corrected chi connectivity index (χ2v) is 8.76. The molecule has 0 saturated carbocycles. The van der Waals surface area contributed by atoms with E-state index in [2.05, 4.69) is 15.2 Å². The molecule has 0 bridgehead atoms. The van der Waals surface area contributed by atoms with Gasteiger partial charge in [-0.05, 0) is 24.6 Å². The quantitative estimate of drug-likeness (QED) is 0.788. The number of nitrogens with one attached hydrogen (secondary N) is 1. The monoisotopic (exact) mass is 403 g/mol. The summed E-state index contributed by atoms with van der Waals surface area (Å²) in [5.41, 5.74) is 7.08. The van der Waals surface area contributed by atoms with Crippen molar-refractivity contribution in [2.24, 2.45) is 0 Å². The Morgan fingerprint density at radius 1 is 1.39 bits per heavy atom. The normalized spacial score (nSPS) is 24.9. The number of nitrogens with zero attached hydrogens (tertiary/aromatic N) is 3. The second kappa shape index (κ2) is 7.65. The summed E-state index contributed by atoms with van der Waals surface area (Å²) in [6, 6.07) is 5.84. The van der Waals surface area contributed by atoms with Crippen LogP contribution in [0.4, 0.5) is 5.13 Å². The van der Waals surface area contributed by atoms with Crippen molar-refractivity contribution >= 4 is 38.5 Å². The number of benzene rings is 1. The zero-order valence-electron chi connectivity index (χ0n) is 16.1. The highest BCUT2D eigenvalue weighted by molar-refractivity contribution is 7.22. The first-order valence-corrected chi connectivity index (χ1v) is 10.2. The molecule has 4 rings (SSSR count). The number of nitrogen functional groups attached to an aromatic ring is 1. The Morgan fingerprint density at radius 3 is 3.00 bits per heavy atom. The highest BCUT2D eigenvalue weighted by Gasteiger charge is 2.38. The van der Waals surface area contributed by atoms with Gasteiger partial charge in [0.05, 0.1) is 29.3 Å². The van der Waals surface area contributed by atoms with Crippen LogP contribution in [0.25, 0.3) is 10.2 Å². The third-order valence-corrected chi connectivity index (χ3v) is 6.26. The maximum absolute atomic E-state index is 12.7. The number of anilines is 1. The maximum Gasteiger partial charge on any atom is 0.251 e. The van der Waals surface area contributed by atoms with E-state index < -0.39 is 0 Å². The van der Waals surface area contributed by atoms with E-state index in [1.54, 1.807) is 25.1 Å². The number of hydrogen-bond donors (Lipinski definition) is 2. The molecule has 2 aliphatic rings. The van der Waals surface area contributed by atoms with E-state index in [-0.39, 0.29) is 30.0 Å². The lowest BCUT2D eigenvalue weighted by Crippen LogP contribution is -2.47. The fraction of sp³-hybridized carbons (Fsp3) is 0.526. The fourth-order valence-corrected chi connectivity index (χ4v) is 4.62. The first-order valence-electron chi connectivity index (χ1n) is 9.42. The van der Waals surface area contributed by atoms with E-state index in [0.29, 0.717) is 23.7 Å². The number of carbonyl (C=O) groups is 2. The Bertz CT molecular complexity index is 899. The second-order valence-electron chi connectivity index (χ2n) is 7.70. The topological polar surface area (TPSA) is 101 Å². The molecule has 0 radical (unpaired) electrons. The summed E-state index contributed by atoms with van der Waals surface area (Å²) in [4.78, 5) is 32.8. The summed E-state index contributed by atoms with van der Waals surface area (Å²) in [6.45, 7) is 2.10. The first-order chi connectivity index (χ1) is 13.4. The third-order valence-electron chi connectivity index (χ3n) is 5.39. The summed E-state index contributed by atoms with van der Waals surface area (Å²) in [6.07, 6.45) is 1.16. The number of morpholine rings is 1. The van der Waals surface area contributed by atoms with Gasteiger partial charge in [0.25, 0.3) is 5.91 Å². The fourth-order valence-electron chi connectivity index (χ4n) is 3.90. The van der Waals surface area contributed by atoms with Crippen molar-refractivity contribution in [3.05, 3.63) is 23.8 Å². The van der Waals surface area contributed by atoms with Crippen molar-refractivity contribution in [2.75, 3.05) is 39.5 Å². The minimum atomic E-state index is -0.0985. The molecule has 2 saturated heterocycles. The van der Waals surface area contributed by atoms with Gasteiger partial charge < -0.3 is 20.7 Å². The van der Waals surface area contributed by atoms with Crippen LogP contribution in [0.15, 0.2) is 18.2 Å². The minimum absolute atomic E-state index is 0.0700. The Morgan fingerprint density at radius 2 is 2.21 bits per heavy atom. The summed E-state index contributed by atoms with van der Waals surface area (Å²) in [7, 11) is 3.51.